The van der Waals surface area contributed by atoms with Crippen LogP contribution in [-0.2, 0) is 27.7 Å². The highest BCUT2D eigenvalue weighted by molar-refractivity contribution is 7.92. The van der Waals surface area contributed by atoms with Crippen LogP contribution in [0.4, 0.5) is 5.69 Å². The number of amides is 1. The Balaban J connectivity index is 1.55. The van der Waals surface area contributed by atoms with Crippen LogP contribution in [0.25, 0.3) is 0 Å². The first-order valence-corrected chi connectivity index (χ1v) is 12.9. The van der Waals surface area contributed by atoms with Gasteiger partial charge in [-0.1, -0.05) is 48.0 Å². The van der Waals surface area contributed by atoms with E-state index in [9.17, 15) is 13.2 Å². The van der Waals surface area contributed by atoms with E-state index in [2.05, 4.69) is 23.5 Å². The Hall–Kier alpha value is -2.83. The molecule has 3 aromatic rings. The Morgan fingerprint density at radius 2 is 1.64 bits per heavy atom. The predicted molar refractivity (Wildman–Crippen MR) is 132 cm³/mol. The van der Waals surface area contributed by atoms with Crippen molar-refractivity contribution in [3.8, 4) is 0 Å². The van der Waals surface area contributed by atoms with Gasteiger partial charge in [0.2, 0.25) is 5.91 Å². The minimum atomic E-state index is -3.96. The molecule has 0 saturated carbocycles. The summed E-state index contributed by atoms with van der Waals surface area (Å²) < 4.78 is 27.9. The van der Waals surface area contributed by atoms with Gasteiger partial charge in [-0.3, -0.25) is 9.10 Å². The molecule has 1 unspecified atom stereocenters. The van der Waals surface area contributed by atoms with Gasteiger partial charge in [-0.15, -0.1) is 0 Å². The van der Waals surface area contributed by atoms with Crippen LogP contribution in [0.2, 0.25) is 5.02 Å². The molecular weight excluding hydrogens is 456 g/mol. The molecule has 0 aliphatic heterocycles. The number of carbonyl (C=O) groups excluding carboxylic acids is 1. The van der Waals surface area contributed by atoms with Crippen LogP contribution < -0.4 is 9.62 Å². The Labute approximate surface area is 200 Å². The van der Waals surface area contributed by atoms with Gasteiger partial charge in [0.05, 0.1) is 16.6 Å². The van der Waals surface area contributed by atoms with E-state index in [-0.39, 0.29) is 23.4 Å². The van der Waals surface area contributed by atoms with Gasteiger partial charge in [-0.05, 0) is 85.7 Å². The van der Waals surface area contributed by atoms with Crippen molar-refractivity contribution in [2.24, 2.45) is 0 Å². The van der Waals surface area contributed by atoms with Crippen molar-refractivity contribution in [3.05, 3.63) is 94.5 Å². The van der Waals surface area contributed by atoms with Crippen molar-refractivity contribution in [2.45, 2.75) is 43.5 Å². The minimum Gasteiger partial charge on any atom is -0.348 e. The Bertz CT molecular complexity index is 1230. The van der Waals surface area contributed by atoms with Crippen LogP contribution in [-0.4, -0.2) is 20.9 Å². The molecule has 1 aliphatic rings. The number of aryl methyl sites for hydroxylation is 2. The lowest BCUT2D eigenvalue weighted by Gasteiger charge is -2.25. The smallest absolute Gasteiger partial charge is 0.264 e. The molecule has 1 atom stereocenters. The van der Waals surface area contributed by atoms with Crippen LogP contribution >= 0.6 is 11.6 Å². The predicted octanol–water partition coefficient (Wildman–Crippen LogP) is 5.29. The minimum absolute atomic E-state index is 0.0753. The van der Waals surface area contributed by atoms with Crippen molar-refractivity contribution in [1.29, 1.82) is 0 Å². The summed E-state index contributed by atoms with van der Waals surface area (Å²) in [7, 11) is -3.96. The number of hydrogen-bond acceptors (Lipinski definition) is 3. The number of para-hydroxylation sites is 1. The lowest BCUT2D eigenvalue weighted by atomic mass is 9.89. The second-order valence-corrected chi connectivity index (χ2v) is 10.6. The molecule has 0 aromatic heterocycles. The molecule has 1 amide bonds. The second-order valence-electron chi connectivity index (χ2n) is 8.33. The number of nitrogens with zero attached hydrogens (tertiary/aromatic N) is 1. The zero-order chi connectivity index (χ0) is 23.4. The third kappa shape index (κ3) is 5.40. The van der Waals surface area contributed by atoms with Crippen LogP contribution in [0, 0.1) is 0 Å². The zero-order valence-corrected chi connectivity index (χ0v) is 20.1. The van der Waals surface area contributed by atoms with Crippen molar-refractivity contribution in [3.63, 3.8) is 0 Å². The summed E-state index contributed by atoms with van der Waals surface area (Å²) in [5, 5.41) is 3.41. The first kappa shape index (κ1) is 23.3. The normalized spacial score (nSPS) is 14.2. The van der Waals surface area contributed by atoms with Crippen LogP contribution in [0.5, 0.6) is 0 Å². The molecule has 1 aliphatic carbocycles. The molecule has 33 heavy (non-hydrogen) atoms. The SMILES string of the molecule is CC(NC(=O)CN(c1ccccc1)S(=O)(=O)c1ccc(Cl)cc1)c1ccc2c(c1)CCCC2. The number of carbonyl (C=O) groups is 1. The molecule has 0 fully saturated rings. The number of fused-ring (bicyclic) bond motifs is 1. The molecule has 0 radical (unpaired) electrons. The van der Waals surface area contributed by atoms with Gasteiger partial charge in [0, 0.05) is 5.02 Å². The average Bonchev–Trinajstić information content (AvgIpc) is 2.83. The Kier molecular flexibility index (Phi) is 7.05. The van der Waals surface area contributed by atoms with Gasteiger partial charge in [0.25, 0.3) is 10.0 Å². The molecule has 0 spiro atoms. The highest BCUT2D eigenvalue weighted by atomic mass is 35.5. The summed E-state index contributed by atoms with van der Waals surface area (Å²) in [6, 6.07) is 20.7. The van der Waals surface area contributed by atoms with Gasteiger partial charge in [-0.25, -0.2) is 8.42 Å². The number of nitrogens with one attached hydrogen (secondary N) is 1. The third-order valence-electron chi connectivity index (χ3n) is 5.98. The van der Waals surface area contributed by atoms with Crippen molar-refractivity contribution >= 4 is 33.2 Å². The standard InChI is InChI=1S/C26H27ClN2O3S/c1-19(21-12-11-20-7-5-6-8-22(20)17-21)28-26(30)18-29(24-9-3-2-4-10-24)33(31,32)25-15-13-23(27)14-16-25/h2-4,9-17,19H,5-8,18H2,1H3,(H,28,30). The molecule has 172 valence electrons. The van der Waals surface area contributed by atoms with Crippen molar-refractivity contribution in [1.82, 2.24) is 5.32 Å². The summed E-state index contributed by atoms with van der Waals surface area (Å²) in [5.74, 6) is -0.374. The van der Waals surface area contributed by atoms with Gasteiger partial charge in [0.1, 0.15) is 6.54 Å². The first-order valence-electron chi connectivity index (χ1n) is 11.1. The molecule has 3 aromatic carbocycles. The monoisotopic (exact) mass is 482 g/mol. The fraction of sp³-hybridized carbons (Fsp3) is 0.269. The molecule has 1 N–H and O–H groups in total. The average molecular weight is 483 g/mol. The maximum Gasteiger partial charge on any atom is 0.264 e. The number of rotatable bonds is 7. The van der Waals surface area contributed by atoms with Crippen LogP contribution in [0.15, 0.2) is 77.7 Å². The lowest BCUT2D eigenvalue weighted by molar-refractivity contribution is -0.120. The van der Waals surface area contributed by atoms with E-state index in [0.29, 0.717) is 10.7 Å². The number of sulfonamides is 1. The van der Waals surface area contributed by atoms with Gasteiger partial charge < -0.3 is 5.32 Å². The fourth-order valence-corrected chi connectivity index (χ4v) is 5.71. The van der Waals surface area contributed by atoms with E-state index in [1.54, 1.807) is 30.3 Å². The molecular formula is C26H27ClN2O3S. The second kappa shape index (κ2) is 9.98. The van der Waals surface area contributed by atoms with E-state index in [0.717, 1.165) is 22.7 Å². The van der Waals surface area contributed by atoms with E-state index in [1.165, 1.54) is 48.2 Å². The van der Waals surface area contributed by atoms with Gasteiger partial charge in [0.15, 0.2) is 0 Å². The topological polar surface area (TPSA) is 66.5 Å². The molecule has 7 heteroatoms. The number of halogens is 1. The lowest BCUT2D eigenvalue weighted by Crippen LogP contribution is -2.41. The van der Waals surface area contributed by atoms with Gasteiger partial charge in [-0.2, -0.15) is 0 Å². The Morgan fingerprint density at radius 3 is 2.33 bits per heavy atom. The molecule has 4 rings (SSSR count). The van der Waals surface area contributed by atoms with E-state index >= 15 is 0 Å². The summed E-state index contributed by atoms with van der Waals surface area (Å²) in [4.78, 5) is 13.1. The van der Waals surface area contributed by atoms with Gasteiger partial charge >= 0.3 is 0 Å². The number of anilines is 1. The quantitative estimate of drug-likeness (QED) is 0.497. The summed E-state index contributed by atoms with van der Waals surface area (Å²) >= 11 is 5.93. The molecule has 0 heterocycles. The molecule has 0 bridgehead atoms. The summed E-state index contributed by atoms with van der Waals surface area (Å²) in [6.45, 7) is 1.59. The number of benzene rings is 3. The molecule has 0 saturated heterocycles. The fourth-order valence-electron chi connectivity index (χ4n) is 4.17. The van der Waals surface area contributed by atoms with Crippen LogP contribution in [0.1, 0.15) is 42.5 Å². The first-order chi connectivity index (χ1) is 15.8. The Morgan fingerprint density at radius 1 is 0.970 bits per heavy atom. The van der Waals surface area contributed by atoms with Crippen molar-refractivity contribution in [2.75, 3.05) is 10.8 Å². The third-order valence-corrected chi connectivity index (χ3v) is 8.02. The summed E-state index contributed by atoms with van der Waals surface area (Å²) in [6.07, 6.45) is 4.57. The number of hydrogen-bond donors (Lipinski definition) is 1. The highest BCUT2D eigenvalue weighted by Crippen LogP contribution is 2.26. The maximum atomic E-state index is 13.4. The van der Waals surface area contributed by atoms with E-state index in [1.807, 2.05) is 6.92 Å². The van der Waals surface area contributed by atoms with E-state index in [4.69, 9.17) is 11.6 Å². The largest absolute Gasteiger partial charge is 0.348 e. The highest BCUT2D eigenvalue weighted by Gasteiger charge is 2.27. The molecule has 5 nitrogen and oxygen atoms in total. The van der Waals surface area contributed by atoms with Crippen molar-refractivity contribution < 1.29 is 13.2 Å². The zero-order valence-electron chi connectivity index (χ0n) is 18.5. The maximum absolute atomic E-state index is 13.4. The van der Waals surface area contributed by atoms with E-state index < -0.39 is 10.0 Å². The summed E-state index contributed by atoms with van der Waals surface area (Å²) in [5.41, 5.74) is 4.17. The van der Waals surface area contributed by atoms with Crippen LogP contribution in [0.3, 0.4) is 0 Å².